The van der Waals surface area contributed by atoms with Crippen LogP contribution in [0.5, 0.6) is 0 Å². The second kappa shape index (κ2) is 6.76. The number of benzene rings is 2. The Hall–Kier alpha value is -2.93. The molecule has 0 saturated heterocycles. The van der Waals surface area contributed by atoms with E-state index in [1.807, 2.05) is 31.2 Å². The molecule has 0 atom stereocenters. The molecule has 3 rings (SSSR count). The molecule has 3 aromatic rings. The molecule has 7 heteroatoms. The minimum absolute atomic E-state index is 0.297. The van der Waals surface area contributed by atoms with E-state index in [1.165, 1.54) is 0 Å². The van der Waals surface area contributed by atoms with Gasteiger partial charge in [-0.05, 0) is 49.7 Å². The van der Waals surface area contributed by atoms with E-state index in [1.54, 1.807) is 31.2 Å². The number of aromatic nitrogens is 1. The molecule has 1 heterocycles. The standard InChI is InChI=1S/C19H19N3O3S/c1-12-7-8-14-10-17(13(2)20-18(14)9-12)19(23)21-15-5-4-6-16(11-15)22-26(3,24)25/h4-11,22H,1-3H3,(H,21,23). The second-order valence-corrected chi connectivity index (χ2v) is 7.98. The molecule has 0 fully saturated rings. The van der Waals surface area contributed by atoms with E-state index in [4.69, 9.17) is 0 Å². The Labute approximate surface area is 152 Å². The SMILES string of the molecule is Cc1ccc2cc(C(=O)Nc3cccc(NS(C)(=O)=O)c3)c(C)nc2c1. The van der Waals surface area contributed by atoms with E-state index < -0.39 is 10.0 Å². The average molecular weight is 369 g/mol. The fourth-order valence-corrected chi connectivity index (χ4v) is 3.23. The van der Waals surface area contributed by atoms with Crippen LogP contribution in [0.1, 0.15) is 21.6 Å². The third kappa shape index (κ3) is 4.18. The van der Waals surface area contributed by atoms with E-state index in [0.717, 1.165) is 22.7 Å². The summed E-state index contributed by atoms with van der Waals surface area (Å²) >= 11 is 0. The fourth-order valence-electron chi connectivity index (χ4n) is 2.68. The van der Waals surface area contributed by atoms with Crippen LogP contribution in [0.15, 0.2) is 48.5 Å². The summed E-state index contributed by atoms with van der Waals surface area (Å²) in [7, 11) is -3.38. The van der Waals surface area contributed by atoms with Crippen LogP contribution in [0.25, 0.3) is 10.9 Å². The number of hydrogen-bond acceptors (Lipinski definition) is 4. The highest BCUT2D eigenvalue weighted by Crippen LogP contribution is 2.21. The maximum absolute atomic E-state index is 12.7. The number of amides is 1. The van der Waals surface area contributed by atoms with Gasteiger partial charge in [0.1, 0.15) is 0 Å². The Morgan fingerprint density at radius 1 is 1.00 bits per heavy atom. The lowest BCUT2D eigenvalue weighted by atomic mass is 10.1. The molecular formula is C19H19N3O3S. The average Bonchev–Trinajstić information content (AvgIpc) is 2.52. The van der Waals surface area contributed by atoms with E-state index >= 15 is 0 Å². The predicted octanol–water partition coefficient (Wildman–Crippen LogP) is 3.48. The van der Waals surface area contributed by atoms with Gasteiger partial charge in [0.05, 0.1) is 28.7 Å². The van der Waals surface area contributed by atoms with Crippen LogP contribution < -0.4 is 10.0 Å². The summed E-state index contributed by atoms with van der Waals surface area (Å²) in [6.45, 7) is 3.78. The van der Waals surface area contributed by atoms with Gasteiger partial charge in [-0.25, -0.2) is 8.42 Å². The molecule has 2 aromatic carbocycles. The number of nitrogens with zero attached hydrogens (tertiary/aromatic N) is 1. The van der Waals surface area contributed by atoms with Crippen molar-refractivity contribution in [2.75, 3.05) is 16.3 Å². The topological polar surface area (TPSA) is 88.2 Å². The van der Waals surface area contributed by atoms with Crippen molar-refractivity contribution >= 4 is 38.2 Å². The van der Waals surface area contributed by atoms with Gasteiger partial charge in [-0.2, -0.15) is 0 Å². The Balaban J connectivity index is 1.88. The van der Waals surface area contributed by atoms with Gasteiger partial charge >= 0.3 is 0 Å². The van der Waals surface area contributed by atoms with Crippen molar-refractivity contribution in [2.45, 2.75) is 13.8 Å². The summed E-state index contributed by atoms with van der Waals surface area (Å²) in [5.74, 6) is -0.297. The summed E-state index contributed by atoms with van der Waals surface area (Å²) in [4.78, 5) is 17.2. The van der Waals surface area contributed by atoms with Crippen molar-refractivity contribution in [1.82, 2.24) is 4.98 Å². The molecule has 6 nitrogen and oxygen atoms in total. The lowest BCUT2D eigenvalue weighted by Gasteiger charge is -2.11. The molecular weight excluding hydrogens is 350 g/mol. The molecule has 0 saturated carbocycles. The van der Waals surface area contributed by atoms with Gasteiger partial charge in [-0.3, -0.25) is 14.5 Å². The molecule has 0 unspecified atom stereocenters. The third-order valence-corrected chi connectivity index (χ3v) is 4.44. The summed E-state index contributed by atoms with van der Waals surface area (Å²) in [6, 6.07) is 14.2. The molecule has 0 bridgehead atoms. The molecule has 0 radical (unpaired) electrons. The van der Waals surface area contributed by atoms with Crippen molar-refractivity contribution < 1.29 is 13.2 Å². The molecule has 0 spiro atoms. The summed E-state index contributed by atoms with van der Waals surface area (Å²) in [6.07, 6.45) is 1.07. The van der Waals surface area contributed by atoms with Crippen LogP contribution in [0.4, 0.5) is 11.4 Å². The van der Waals surface area contributed by atoms with Crippen molar-refractivity contribution in [1.29, 1.82) is 0 Å². The van der Waals surface area contributed by atoms with Gasteiger partial charge < -0.3 is 5.32 Å². The molecule has 2 N–H and O–H groups in total. The Bertz CT molecular complexity index is 1110. The Morgan fingerprint density at radius 2 is 1.73 bits per heavy atom. The molecule has 0 aliphatic rings. The number of aryl methyl sites for hydroxylation is 2. The zero-order chi connectivity index (χ0) is 18.9. The van der Waals surface area contributed by atoms with E-state index in [9.17, 15) is 13.2 Å². The van der Waals surface area contributed by atoms with Gasteiger partial charge in [-0.15, -0.1) is 0 Å². The highest BCUT2D eigenvalue weighted by atomic mass is 32.2. The molecule has 1 aromatic heterocycles. The Kier molecular flexibility index (Phi) is 4.65. The minimum Gasteiger partial charge on any atom is -0.322 e. The zero-order valence-electron chi connectivity index (χ0n) is 14.7. The van der Waals surface area contributed by atoms with Gasteiger partial charge in [0.25, 0.3) is 5.91 Å². The van der Waals surface area contributed by atoms with Crippen molar-refractivity contribution in [3.8, 4) is 0 Å². The van der Waals surface area contributed by atoms with Gasteiger partial charge in [0.15, 0.2) is 0 Å². The van der Waals surface area contributed by atoms with Crippen LogP contribution >= 0.6 is 0 Å². The maximum atomic E-state index is 12.7. The molecule has 0 aliphatic heterocycles. The highest BCUT2D eigenvalue weighted by molar-refractivity contribution is 7.92. The first-order valence-corrected chi connectivity index (χ1v) is 9.88. The largest absolute Gasteiger partial charge is 0.322 e. The molecule has 134 valence electrons. The van der Waals surface area contributed by atoms with E-state index in [-0.39, 0.29) is 5.91 Å². The highest BCUT2D eigenvalue weighted by Gasteiger charge is 2.13. The van der Waals surface area contributed by atoms with Gasteiger partial charge in [0, 0.05) is 11.1 Å². The molecule has 1 amide bonds. The zero-order valence-corrected chi connectivity index (χ0v) is 15.5. The van der Waals surface area contributed by atoms with Crippen molar-refractivity contribution in [3.63, 3.8) is 0 Å². The van der Waals surface area contributed by atoms with Crippen LogP contribution in [-0.4, -0.2) is 25.6 Å². The number of sulfonamides is 1. The minimum atomic E-state index is -3.38. The lowest BCUT2D eigenvalue weighted by molar-refractivity contribution is 0.102. The maximum Gasteiger partial charge on any atom is 0.257 e. The number of pyridine rings is 1. The molecule has 0 aliphatic carbocycles. The summed E-state index contributed by atoms with van der Waals surface area (Å²) in [5.41, 5.74) is 3.94. The Morgan fingerprint density at radius 3 is 2.46 bits per heavy atom. The molecule has 26 heavy (non-hydrogen) atoms. The third-order valence-electron chi connectivity index (χ3n) is 3.83. The second-order valence-electron chi connectivity index (χ2n) is 6.23. The first kappa shape index (κ1) is 17.9. The number of fused-ring (bicyclic) bond motifs is 1. The quantitative estimate of drug-likeness (QED) is 0.737. The van der Waals surface area contributed by atoms with Crippen LogP contribution in [0.2, 0.25) is 0 Å². The van der Waals surface area contributed by atoms with Crippen molar-refractivity contribution in [3.05, 3.63) is 65.4 Å². The van der Waals surface area contributed by atoms with Crippen LogP contribution in [0.3, 0.4) is 0 Å². The summed E-state index contributed by atoms with van der Waals surface area (Å²) < 4.78 is 25.1. The first-order chi connectivity index (χ1) is 12.2. The van der Waals surface area contributed by atoms with Crippen LogP contribution in [-0.2, 0) is 10.0 Å². The number of anilines is 2. The smallest absolute Gasteiger partial charge is 0.257 e. The van der Waals surface area contributed by atoms with Gasteiger partial charge in [0.2, 0.25) is 10.0 Å². The lowest BCUT2D eigenvalue weighted by Crippen LogP contribution is -2.15. The number of carbonyl (C=O) groups is 1. The number of carbonyl (C=O) groups excluding carboxylic acids is 1. The normalized spacial score (nSPS) is 11.3. The number of hydrogen-bond donors (Lipinski definition) is 2. The summed E-state index contributed by atoms with van der Waals surface area (Å²) in [5, 5.41) is 3.68. The monoisotopic (exact) mass is 369 g/mol. The van der Waals surface area contributed by atoms with Crippen molar-refractivity contribution in [2.24, 2.45) is 0 Å². The van der Waals surface area contributed by atoms with Crippen LogP contribution in [0, 0.1) is 13.8 Å². The van der Waals surface area contributed by atoms with E-state index in [2.05, 4.69) is 15.0 Å². The predicted molar refractivity (Wildman–Crippen MR) is 104 cm³/mol. The first-order valence-electron chi connectivity index (χ1n) is 7.98. The van der Waals surface area contributed by atoms with Gasteiger partial charge in [-0.1, -0.05) is 18.2 Å². The number of nitrogens with one attached hydrogen (secondary N) is 2. The van der Waals surface area contributed by atoms with E-state index in [0.29, 0.717) is 22.6 Å². The number of rotatable bonds is 4. The fraction of sp³-hybridized carbons (Fsp3) is 0.158.